The highest BCUT2D eigenvalue weighted by Gasteiger charge is 2.34. The number of carbonyl (C=O) groups is 1. The van der Waals surface area contributed by atoms with Crippen LogP contribution in [0, 0.1) is 5.92 Å². The van der Waals surface area contributed by atoms with Gasteiger partial charge in [-0.1, -0.05) is 32.0 Å². The smallest absolute Gasteiger partial charge is 0.248 e. The second-order valence-corrected chi connectivity index (χ2v) is 4.69. The number of rotatable bonds is 3. The van der Waals surface area contributed by atoms with E-state index in [0.717, 1.165) is 17.8 Å². The number of nitrogens with zero attached hydrogens (tertiary/aromatic N) is 1. The van der Waals surface area contributed by atoms with Crippen LogP contribution in [0.5, 0.6) is 0 Å². The average molecular weight is 218 g/mol. The molecule has 0 aliphatic carbocycles. The minimum Gasteiger partial charge on any atom is -0.313 e. The number of benzene rings is 1. The standard InChI is InChI=1S/C13H18N2O/c1-9(2)8-14-12-10-6-4-5-7-11(10)15(3)13(12)16/h4-7,9,12,14H,8H2,1-3H3. The average Bonchev–Trinajstić information content (AvgIpc) is 2.50. The summed E-state index contributed by atoms with van der Waals surface area (Å²) in [5.74, 6) is 0.688. The number of anilines is 1. The van der Waals surface area contributed by atoms with E-state index >= 15 is 0 Å². The minimum atomic E-state index is -0.163. The van der Waals surface area contributed by atoms with Crippen molar-refractivity contribution in [2.75, 3.05) is 18.5 Å². The second-order valence-electron chi connectivity index (χ2n) is 4.69. The van der Waals surface area contributed by atoms with Crippen molar-refractivity contribution in [3.8, 4) is 0 Å². The second kappa shape index (κ2) is 4.26. The van der Waals surface area contributed by atoms with Crippen LogP contribution >= 0.6 is 0 Å². The van der Waals surface area contributed by atoms with Crippen LogP contribution < -0.4 is 10.2 Å². The van der Waals surface area contributed by atoms with E-state index < -0.39 is 0 Å². The Labute approximate surface area is 96.5 Å². The lowest BCUT2D eigenvalue weighted by Crippen LogP contribution is -2.34. The maximum Gasteiger partial charge on any atom is 0.248 e. The molecule has 1 heterocycles. The van der Waals surface area contributed by atoms with E-state index in [0.29, 0.717) is 5.92 Å². The molecule has 0 bridgehead atoms. The zero-order valence-electron chi connectivity index (χ0n) is 10.0. The van der Waals surface area contributed by atoms with Gasteiger partial charge in [0.1, 0.15) is 6.04 Å². The van der Waals surface area contributed by atoms with Crippen LogP contribution in [-0.4, -0.2) is 19.5 Å². The van der Waals surface area contributed by atoms with Crippen LogP contribution in [0.15, 0.2) is 24.3 Å². The molecule has 0 aromatic heterocycles. The summed E-state index contributed by atoms with van der Waals surface area (Å²) >= 11 is 0. The molecule has 1 atom stereocenters. The molecule has 1 aromatic rings. The molecule has 3 heteroatoms. The fourth-order valence-electron chi connectivity index (χ4n) is 2.03. The number of para-hydroxylation sites is 1. The van der Waals surface area contributed by atoms with Crippen molar-refractivity contribution >= 4 is 11.6 Å². The summed E-state index contributed by atoms with van der Waals surface area (Å²) in [6.45, 7) is 5.14. The lowest BCUT2D eigenvalue weighted by molar-refractivity contribution is -0.119. The lowest BCUT2D eigenvalue weighted by Gasteiger charge is -2.14. The van der Waals surface area contributed by atoms with Gasteiger partial charge in [-0.2, -0.15) is 0 Å². The van der Waals surface area contributed by atoms with Gasteiger partial charge in [0.2, 0.25) is 5.91 Å². The van der Waals surface area contributed by atoms with E-state index in [2.05, 4.69) is 19.2 Å². The van der Waals surface area contributed by atoms with Crippen LogP contribution in [0.4, 0.5) is 5.69 Å². The fourth-order valence-corrected chi connectivity index (χ4v) is 2.03. The third kappa shape index (κ3) is 1.83. The largest absolute Gasteiger partial charge is 0.313 e. The number of amides is 1. The molecule has 3 nitrogen and oxygen atoms in total. The molecule has 86 valence electrons. The first kappa shape index (κ1) is 11.1. The van der Waals surface area contributed by atoms with Crippen LogP contribution in [0.25, 0.3) is 0 Å². The van der Waals surface area contributed by atoms with Crippen molar-refractivity contribution in [1.29, 1.82) is 0 Å². The Morgan fingerprint density at radius 2 is 2.06 bits per heavy atom. The quantitative estimate of drug-likeness (QED) is 0.841. The molecule has 0 saturated heterocycles. The summed E-state index contributed by atoms with van der Waals surface area (Å²) in [4.78, 5) is 13.8. The Kier molecular flexibility index (Phi) is 2.97. The summed E-state index contributed by atoms with van der Waals surface area (Å²) in [6, 6.07) is 7.80. The molecule has 1 amide bonds. The highest BCUT2D eigenvalue weighted by Crippen LogP contribution is 2.34. The van der Waals surface area contributed by atoms with Crippen LogP contribution in [0.1, 0.15) is 25.5 Å². The van der Waals surface area contributed by atoms with Gasteiger partial charge in [0, 0.05) is 18.3 Å². The van der Waals surface area contributed by atoms with Crippen LogP contribution in [0.2, 0.25) is 0 Å². The van der Waals surface area contributed by atoms with Crippen molar-refractivity contribution in [2.45, 2.75) is 19.9 Å². The maximum atomic E-state index is 12.0. The maximum absolute atomic E-state index is 12.0. The minimum absolute atomic E-state index is 0.141. The monoisotopic (exact) mass is 218 g/mol. The molecule has 0 fully saturated rings. The third-order valence-corrected chi connectivity index (χ3v) is 2.92. The van der Waals surface area contributed by atoms with Crippen molar-refractivity contribution in [1.82, 2.24) is 5.32 Å². The van der Waals surface area contributed by atoms with E-state index in [1.807, 2.05) is 31.3 Å². The van der Waals surface area contributed by atoms with E-state index in [1.165, 1.54) is 0 Å². The first-order chi connectivity index (χ1) is 7.61. The molecule has 2 rings (SSSR count). The summed E-state index contributed by atoms with van der Waals surface area (Å²) in [5.41, 5.74) is 2.12. The molecular weight excluding hydrogens is 200 g/mol. The number of nitrogens with one attached hydrogen (secondary N) is 1. The Morgan fingerprint density at radius 3 is 2.75 bits per heavy atom. The summed E-state index contributed by atoms with van der Waals surface area (Å²) in [7, 11) is 1.83. The van der Waals surface area contributed by atoms with Crippen molar-refractivity contribution < 1.29 is 4.79 Å². The van der Waals surface area contributed by atoms with Gasteiger partial charge in [-0.05, 0) is 18.5 Å². The van der Waals surface area contributed by atoms with Gasteiger partial charge in [0.15, 0.2) is 0 Å². The van der Waals surface area contributed by atoms with Crippen molar-refractivity contribution in [2.24, 2.45) is 5.92 Å². The zero-order valence-corrected chi connectivity index (χ0v) is 10.0. The van der Waals surface area contributed by atoms with Gasteiger partial charge in [0.25, 0.3) is 0 Å². The molecule has 1 aliphatic rings. The van der Waals surface area contributed by atoms with Crippen molar-refractivity contribution in [3.63, 3.8) is 0 Å². The zero-order chi connectivity index (χ0) is 11.7. The van der Waals surface area contributed by atoms with Gasteiger partial charge in [0.05, 0.1) is 0 Å². The van der Waals surface area contributed by atoms with Gasteiger partial charge in [-0.25, -0.2) is 0 Å². The lowest BCUT2D eigenvalue weighted by atomic mass is 10.1. The highest BCUT2D eigenvalue weighted by molar-refractivity contribution is 6.04. The molecule has 0 spiro atoms. The SMILES string of the molecule is CC(C)CNC1C(=O)N(C)c2ccccc21. The first-order valence-electron chi connectivity index (χ1n) is 5.71. The van der Waals surface area contributed by atoms with Gasteiger partial charge >= 0.3 is 0 Å². The molecule has 1 N–H and O–H groups in total. The Morgan fingerprint density at radius 1 is 1.38 bits per heavy atom. The number of fused-ring (bicyclic) bond motifs is 1. The van der Waals surface area contributed by atoms with E-state index in [1.54, 1.807) is 4.90 Å². The Bertz CT molecular complexity index is 401. The van der Waals surface area contributed by atoms with Crippen LogP contribution in [-0.2, 0) is 4.79 Å². The Balaban J connectivity index is 2.23. The number of carbonyl (C=O) groups excluding carboxylic acids is 1. The molecule has 1 unspecified atom stereocenters. The predicted molar refractivity (Wildman–Crippen MR) is 65.4 cm³/mol. The number of likely N-dealkylation sites (N-methyl/N-ethyl adjacent to an activating group) is 1. The van der Waals surface area contributed by atoms with Gasteiger partial charge in [-0.3, -0.25) is 4.79 Å². The topological polar surface area (TPSA) is 32.3 Å². The Hall–Kier alpha value is -1.35. The van der Waals surface area contributed by atoms with Crippen molar-refractivity contribution in [3.05, 3.63) is 29.8 Å². The van der Waals surface area contributed by atoms with Gasteiger partial charge in [-0.15, -0.1) is 0 Å². The third-order valence-electron chi connectivity index (χ3n) is 2.92. The van der Waals surface area contributed by atoms with E-state index in [-0.39, 0.29) is 11.9 Å². The summed E-state index contributed by atoms with van der Waals surface area (Å²) in [5, 5.41) is 3.33. The molecule has 1 aromatic carbocycles. The molecule has 16 heavy (non-hydrogen) atoms. The highest BCUT2D eigenvalue weighted by atomic mass is 16.2. The normalized spacial score (nSPS) is 19.4. The fraction of sp³-hybridized carbons (Fsp3) is 0.462. The molecule has 1 aliphatic heterocycles. The first-order valence-corrected chi connectivity index (χ1v) is 5.71. The molecule has 0 radical (unpaired) electrons. The van der Waals surface area contributed by atoms with Crippen LogP contribution in [0.3, 0.4) is 0 Å². The molecular formula is C13H18N2O. The number of hydrogen-bond donors (Lipinski definition) is 1. The molecule has 0 saturated carbocycles. The van der Waals surface area contributed by atoms with Gasteiger partial charge < -0.3 is 10.2 Å². The number of hydrogen-bond acceptors (Lipinski definition) is 2. The van der Waals surface area contributed by atoms with E-state index in [4.69, 9.17) is 0 Å². The van der Waals surface area contributed by atoms with E-state index in [9.17, 15) is 4.79 Å². The summed E-state index contributed by atoms with van der Waals surface area (Å²) < 4.78 is 0. The predicted octanol–water partition coefficient (Wildman–Crippen LogP) is 1.95. The summed E-state index contributed by atoms with van der Waals surface area (Å²) in [6.07, 6.45) is 0.